The molecule has 2 aromatic rings. The van der Waals surface area contributed by atoms with Crippen molar-refractivity contribution in [3.63, 3.8) is 0 Å². The SMILES string of the molecule is Cc1cc(C(=O)Nc2ccc(N3CCCCS3(=O)=O)cc2)ccc1[N+](=O)[O-]. The molecule has 0 aromatic heterocycles. The number of nitro groups is 1. The molecule has 142 valence electrons. The van der Waals surface area contributed by atoms with E-state index in [1.165, 1.54) is 22.5 Å². The van der Waals surface area contributed by atoms with Crippen LogP contribution in [0.1, 0.15) is 28.8 Å². The highest BCUT2D eigenvalue weighted by Crippen LogP contribution is 2.25. The summed E-state index contributed by atoms with van der Waals surface area (Å²) in [5.41, 5.74) is 1.74. The summed E-state index contributed by atoms with van der Waals surface area (Å²) in [6, 6.07) is 10.7. The molecule has 0 unspecified atom stereocenters. The van der Waals surface area contributed by atoms with Gasteiger partial charge in [-0.05, 0) is 56.2 Å². The molecular formula is C18H19N3O5S. The molecule has 0 saturated carbocycles. The number of hydrogen-bond acceptors (Lipinski definition) is 5. The van der Waals surface area contributed by atoms with E-state index in [4.69, 9.17) is 0 Å². The zero-order valence-electron chi connectivity index (χ0n) is 14.7. The smallest absolute Gasteiger partial charge is 0.272 e. The third-order valence-corrected chi connectivity index (χ3v) is 6.29. The van der Waals surface area contributed by atoms with Gasteiger partial charge < -0.3 is 5.32 Å². The summed E-state index contributed by atoms with van der Waals surface area (Å²) in [5, 5.41) is 13.6. The van der Waals surface area contributed by atoms with Crippen LogP contribution < -0.4 is 9.62 Å². The summed E-state index contributed by atoms with van der Waals surface area (Å²) in [6.45, 7) is 2.03. The molecule has 27 heavy (non-hydrogen) atoms. The van der Waals surface area contributed by atoms with Crippen LogP contribution in [0.5, 0.6) is 0 Å². The van der Waals surface area contributed by atoms with Crippen LogP contribution >= 0.6 is 0 Å². The zero-order chi connectivity index (χ0) is 19.6. The van der Waals surface area contributed by atoms with Crippen molar-refractivity contribution in [2.45, 2.75) is 19.8 Å². The lowest BCUT2D eigenvalue weighted by Gasteiger charge is -2.28. The number of nitrogens with zero attached hydrogens (tertiary/aromatic N) is 2. The Bertz CT molecular complexity index is 987. The minimum Gasteiger partial charge on any atom is -0.322 e. The number of rotatable bonds is 4. The van der Waals surface area contributed by atoms with Gasteiger partial charge in [0.2, 0.25) is 10.0 Å². The molecule has 3 rings (SSSR count). The highest BCUT2D eigenvalue weighted by Gasteiger charge is 2.25. The van der Waals surface area contributed by atoms with Crippen molar-refractivity contribution in [3.05, 3.63) is 63.7 Å². The van der Waals surface area contributed by atoms with E-state index in [1.54, 1.807) is 31.2 Å². The molecular weight excluding hydrogens is 370 g/mol. The maximum Gasteiger partial charge on any atom is 0.272 e. The van der Waals surface area contributed by atoms with E-state index in [1.807, 2.05) is 0 Å². The molecule has 1 saturated heterocycles. The van der Waals surface area contributed by atoms with E-state index in [0.717, 1.165) is 6.42 Å². The van der Waals surface area contributed by atoms with Crippen LogP contribution in [0, 0.1) is 17.0 Å². The number of aryl methyl sites for hydroxylation is 1. The number of hydrogen-bond donors (Lipinski definition) is 1. The number of benzene rings is 2. The normalized spacial score (nSPS) is 16.0. The quantitative estimate of drug-likeness (QED) is 0.638. The lowest BCUT2D eigenvalue weighted by Crippen LogP contribution is -2.37. The molecule has 1 amide bonds. The first-order chi connectivity index (χ1) is 12.8. The van der Waals surface area contributed by atoms with E-state index in [0.29, 0.717) is 35.5 Å². The lowest BCUT2D eigenvalue weighted by molar-refractivity contribution is -0.385. The van der Waals surface area contributed by atoms with E-state index in [2.05, 4.69) is 5.32 Å². The summed E-state index contributed by atoms with van der Waals surface area (Å²) in [5.74, 6) is -0.253. The molecule has 9 heteroatoms. The number of amides is 1. The number of carbonyl (C=O) groups excluding carboxylic acids is 1. The Morgan fingerprint density at radius 2 is 1.85 bits per heavy atom. The topological polar surface area (TPSA) is 110 Å². The van der Waals surface area contributed by atoms with Gasteiger partial charge in [0.15, 0.2) is 0 Å². The Hall–Kier alpha value is -2.94. The van der Waals surface area contributed by atoms with Crippen LogP contribution in [0.25, 0.3) is 0 Å². The molecule has 0 atom stereocenters. The average molecular weight is 389 g/mol. The van der Waals surface area contributed by atoms with E-state index >= 15 is 0 Å². The van der Waals surface area contributed by atoms with Gasteiger partial charge in [-0.25, -0.2) is 8.42 Å². The van der Waals surface area contributed by atoms with Crippen molar-refractivity contribution in [2.24, 2.45) is 0 Å². The fraction of sp³-hybridized carbons (Fsp3) is 0.278. The van der Waals surface area contributed by atoms with Crippen molar-refractivity contribution in [3.8, 4) is 0 Å². The monoisotopic (exact) mass is 389 g/mol. The number of nitrogens with one attached hydrogen (secondary N) is 1. The predicted octanol–water partition coefficient (Wildman–Crippen LogP) is 3.09. The van der Waals surface area contributed by atoms with Crippen LogP contribution in [-0.2, 0) is 10.0 Å². The highest BCUT2D eigenvalue weighted by molar-refractivity contribution is 7.92. The van der Waals surface area contributed by atoms with Gasteiger partial charge in [0.25, 0.3) is 11.6 Å². The van der Waals surface area contributed by atoms with Crippen molar-refractivity contribution in [1.29, 1.82) is 0 Å². The third-order valence-electron chi connectivity index (χ3n) is 4.42. The van der Waals surface area contributed by atoms with Crippen molar-refractivity contribution in [1.82, 2.24) is 0 Å². The molecule has 1 aliphatic heterocycles. The van der Waals surface area contributed by atoms with E-state index < -0.39 is 20.9 Å². The molecule has 1 aliphatic rings. The van der Waals surface area contributed by atoms with Crippen molar-refractivity contribution in [2.75, 3.05) is 21.9 Å². The second-order valence-electron chi connectivity index (χ2n) is 6.35. The van der Waals surface area contributed by atoms with Crippen LogP contribution in [0.2, 0.25) is 0 Å². The van der Waals surface area contributed by atoms with Crippen molar-refractivity contribution < 1.29 is 18.1 Å². The summed E-state index contributed by atoms with van der Waals surface area (Å²) < 4.78 is 25.7. The summed E-state index contributed by atoms with van der Waals surface area (Å²) in [6.07, 6.45) is 1.48. The molecule has 1 heterocycles. The first kappa shape index (κ1) is 18.8. The Morgan fingerprint density at radius 3 is 2.44 bits per heavy atom. The van der Waals surface area contributed by atoms with Gasteiger partial charge >= 0.3 is 0 Å². The Morgan fingerprint density at radius 1 is 1.15 bits per heavy atom. The van der Waals surface area contributed by atoms with Crippen LogP contribution in [-0.4, -0.2) is 31.5 Å². The number of nitro benzene ring substituents is 1. The number of carbonyl (C=O) groups is 1. The largest absolute Gasteiger partial charge is 0.322 e. The molecule has 0 radical (unpaired) electrons. The second kappa shape index (κ2) is 7.36. The number of sulfonamides is 1. The van der Waals surface area contributed by atoms with Gasteiger partial charge in [-0.1, -0.05) is 0 Å². The maximum absolute atomic E-state index is 12.3. The van der Waals surface area contributed by atoms with E-state index in [-0.39, 0.29) is 11.4 Å². The molecule has 1 fully saturated rings. The zero-order valence-corrected chi connectivity index (χ0v) is 15.5. The maximum atomic E-state index is 12.3. The van der Waals surface area contributed by atoms with Crippen molar-refractivity contribution >= 4 is 33.0 Å². The molecule has 8 nitrogen and oxygen atoms in total. The van der Waals surface area contributed by atoms with Gasteiger partial charge in [0.1, 0.15) is 0 Å². The molecule has 0 bridgehead atoms. The van der Waals surface area contributed by atoms with Gasteiger partial charge in [0, 0.05) is 29.4 Å². The molecule has 1 N–H and O–H groups in total. The van der Waals surface area contributed by atoms with Gasteiger partial charge in [-0.3, -0.25) is 19.2 Å². The minimum absolute atomic E-state index is 0.0429. The Kier molecular flexibility index (Phi) is 5.13. The minimum atomic E-state index is -3.28. The predicted molar refractivity (Wildman–Crippen MR) is 103 cm³/mol. The molecule has 2 aromatic carbocycles. The second-order valence-corrected chi connectivity index (χ2v) is 8.37. The Labute approximate surface area is 157 Å². The summed E-state index contributed by atoms with van der Waals surface area (Å²) >= 11 is 0. The first-order valence-electron chi connectivity index (χ1n) is 8.45. The highest BCUT2D eigenvalue weighted by atomic mass is 32.2. The number of anilines is 2. The fourth-order valence-corrected chi connectivity index (χ4v) is 4.63. The molecule has 0 aliphatic carbocycles. The standard InChI is InChI=1S/C18H19N3O5S/c1-13-12-14(4-9-17(13)21(23)24)18(22)19-15-5-7-16(8-6-15)20-10-2-3-11-27(20,25)26/h4-9,12H,2-3,10-11H2,1H3,(H,19,22). The fourth-order valence-electron chi connectivity index (χ4n) is 2.99. The van der Waals surface area contributed by atoms with Gasteiger partial charge in [-0.2, -0.15) is 0 Å². The summed E-state index contributed by atoms with van der Waals surface area (Å²) in [7, 11) is -3.28. The van der Waals surface area contributed by atoms with Gasteiger partial charge in [0.05, 0.1) is 16.4 Å². The van der Waals surface area contributed by atoms with E-state index in [9.17, 15) is 23.3 Å². The third kappa shape index (κ3) is 4.08. The molecule has 0 spiro atoms. The van der Waals surface area contributed by atoms with Crippen LogP contribution in [0.4, 0.5) is 17.1 Å². The first-order valence-corrected chi connectivity index (χ1v) is 10.1. The van der Waals surface area contributed by atoms with Crippen LogP contribution in [0.3, 0.4) is 0 Å². The lowest BCUT2D eigenvalue weighted by atomic mass is 10.1. The summed E-state index contributed by atoms with van der Waals surface area (Å²) in [4.78, 5) is 22.7. The Balaban J connectivity index is 1.74. The van der Waals surface area contributed by atoms with Crippen LogP contribution in [0.15, 0.2) is 42.5 Å². The average Bonchev–Trinajstić information content (AvgIpc) is 2.62. The van der Waals surface area contributed by atoms with Gasteiger partial charge in [-0.15, -0.1) is 0 Å².